The number of amides is 1. The normalized spacial score (nSPS) is 11.5. The molecule has 0 aliphatic carbocycles. The predicted octanol–water partition coefficient (Wildman–Crippen LogP) is 2.61. The molecule has 1 N–H and O–H groups in total. The third-order valence-electron chi connectivity index (χ3n) is 3.84. The second-order valence-corrected chi connectivity index (χ2v) is 5.92. The van der Waals surface area contributed by atoms with Gasteiger partial charge in [-0.2, -0.15) is 0 Å². The van der Waals surface area contributed by atoms with E-state index in [0.29, 0.717) is 16.8 Å². The first-order valence-corrected chi connectivity index (χ1v) is 7.99. The van der Waals surface area contributed by atoms with Gasteiger partial charge in [-0.15, -0.1) is 0 Å². The van der Waals surface area contributed by atoms with E-state index in [1.54, 1.807) is 31.3 Å². The molecule has 1 aromatic heterocycles. The van der Waals surface area contributed by atoms with E-state index in [1.165, 1.54) is 37.6 Å². The van der Waals surface area contributed by atoms with Crippen LogP contribution in [-0.2, 0) is 16.6 Å². The molecule has 0 radical (unpaired) electrons. The third kappa shape index (κ3) is 4.24. The summed E-state index contributed by atoms with van der Waals surface area (Å²) < 4.78 is 6.64. The van der Waals surface area contributed by atoms with Crippen LogP contribution in [-0.4, -0.2) is 34.1 Å². The highest BCUT2D eigenvalue weighted by Gasteiger charge is 2.22. The molecule has 136 valence electrons. The highest BCUT2D eigenvalue weighted by atomic mass is 16.5. The maximum absolute atomic E-state index is 12.3. The molecular weight excluding hydrogens is 336 g/mol. The van der Waals surface area contributed by atoms with Gasteiger partial charge in [-0.25, -0.2) is 4.79 Å². The number of hydrogen-bond acceptors (Lipinski definition) is 5. The number of Topliss-reactive ketones (excluding diaryl/α,β-unsaturated/α-hetero) is 2. The molecule has 1 amide bonds. The number of rotatable bonds is 6. The molecule has 0 spiro atoms. The Hall–Kier alpha value is -3.22. The molecule has 0 unspecified atom stereocenters. The fourth-order valence-corrected chi connectivity index (χ4v) is 2.37. The zero-order valence-corrected chi connectivity index (χ0v) is 15.0. The summed E-state index contributed by atoms with van der Waals surface area (Å²) >= 11 is 0. The molecule has 7 heteroatoms. The minimum Gasteiger partial charge on any atom is -0.448 e. The summed E-state index contributed by atoms with van der Waals surface area (Å²) in [5.41, 5.74) is 1.27. The van der Waals surface area contributed by atoms with Crippen LogP contribution in [0.2, 0.25) is 0 Å². The average Bonchev–Trinajstić information content (AvgIpc) is 2.97. The Bertz CT molecular complexity index is 882. The molecule has 0 fully saturated rings. The Morgan fingerprint density at radius 2 is 1.73 bits per heavy atom. The highest BCUT2D eigenvalue weighted by molar-refractivity contribution is 6.05. The monoisotopic (exact) mass is 356 g/mol. The summed E-state index contributed by atoms with van der Waals surface area (Å²) in [4.78, 5) is 47.6. The molecule has 1 aromatic carbocycles. The standard InChI is InChI=1S/C19H20N2O5/c1-11(22)14-9-17(21(4)10-14)19(25)26-13(3)18(24)20-16-8-6-5-7-15(16)12(2)23/h5-10,13H,1-4H3,(H,20,24)/t13-/m0/s1. The van der Waals surface area contributed by atoms with Crippen molar-refractivity contribution in [1.82, 2.24) is 4.57 Å². The van der Waals surface area contributed by atoms with Gasteiger partial charge in [0.1, 0.15) is 5.69 Å². The maximum atomic E-state index is 12.3. The smallest absolute Gasteiger partial charge is 0.355 e. The number of aryl methyl sites for hydroxylation is 1. The Morgan fingerprint density at radius 1 is 1.08 bits per heavy atom. The summed E-state index contributed by atoms with van der Waals surface area (Å²) in [6, 6.07) is 7.99. The van der Waals surface area contributed by atoms with Crippen molar-refractivity contribution in [3.8, 4) is 0 Å². The van der Waals surface area contributed by atoms with E-state index < -0.39 is 18.0 Å². The number of carbonyl (C=O) groups is 4. The van der Waals surface area contributed by atoms with Crippen molar-refractivity contribution in [3.05, 3.63) is 53.3 Å². The number of ether oxygens (including phenoxy) is 1. The molecular formula is C19H20N2O5. The van der Waals surface area contributed by atoms with Gasteiger partial charge in [0.2, 0.25) is 0 Å². The summed E-state index contributed by atoms with van der Waals surface area (Å²) in [6.07, 6.45) is 0.436. The lowest BCUT2D eigenvalue weighted by Crippen LogP contribution is -2.31. The van der Waals surface area contributed by atoms with Crippen molar-refractivity contribution in [2.75, 3.05) is 5.32 Å². The first-order chi connectivity index (χ1) is 12.2. The number of para-hydroxylation sites is 1. The molecule has 0 aliphatic rings. The minimum atomic E-state index is -1.09. The van der Waals surface area contributed by atoms with E-state index in [0.717, 1.165) is 0 Å². The molecule has 2 aromatic rings. The van der Waals surface area contributed by atoms with Crippen molar-refractivity contribution in [1.29, 1.82) is 0 Å². The zero-order chi connectivity index (χ0) is 19.4. The van der Waals surface area contributed by atoms with Gasteiger partial charge < -0.3 is 14.6 Å². The molecule has 1 heterocycles. The summed E-state index contributed by atoms with van der Waals surface area (Å²) in [5, 5.41) is 2.59. The van der Waals surface area contributed by atoms with Crippen LogP contribution in [0.5, 0.6) is 0 Å². The molecule has 7 nitrogen and oxygen atoms in total. The van der Waals surface area contributed by atoms with Gasteiger partial charge in [0.05, 0.1) is 5.69 Å². The van der Waals surface area contributed by atoms with Crippen LogP contribution in [0.3, 0.4) is 0 Å². The molecule has 0 saturated carbocycles. The summed E-state index contributed by atoms with van der Waals surface area (Å²) in [5.74, 6) is -1.65. The number of anilines is 1. The quantitative estimate of drug-likeness (QED) is 0.634. The van der Waals surface area contributed by atoms with Crippen molar-refractivity contribution >= 4 is 29.1 Å². The van der Waals surface area contributed by atoms with E-state index in [1.807, 2.05) is 0 Å². The molecule has 0 aliphatic heterocycles. The second-order valence-electron chi connectivity index (χ2n) is 5.92. The molecule has 26 heavy (non-hydrogen) atoms. The lowest BCUT2D eigenvalue weighted by atomic mass is 10.1. The average molecular weight is 356 g/mol. The lowest BCUT2D eigenvalue weighted by Gasteiger charge is -2.15. The van der Waals surface area contributed by atoms with Gasteiger partial charge in [0.25, 0.3) is 5.91 Å². The fourth-order valence-electron chi connectivity index (χ4n) is 2.37. The highest BCUT2D eigenvalue weighted by Crippen LogP contribution is 2.17. The van der Waals surface area contributed by atoms with Gasteiger partial charge in [-0.1, -0.05) is 12.1 Å². The Balaban J connectivity index is 2.09. The molecule has 0 bridgehead atoms. The number of esters is 1. The lowest BCUT2D eigenvalue weighted by molar-refractivity contribution is -0.123. The maximum Gasteiger partial charge on any atom is 0.355 e. The number of hydrogen-bond donors (Lipinski definition) is 1. The van der Waals surface area contributed by atoms with E-state index in [9.17, 15) is 19.2 Å². The van der Waals surface area contributed by atoms with Crippen molar-refractivity contribution in [2.45, 2.75) is 26.9 Å². The van der Waals surface area contributed by atoms with Crippen LogP contribution in [0.25, 0.3) is 0 Å². The van der Waals surface area contributed by atoms with Crippen LogP contribution < -0.4 is 5.32 Å². The van der Waals surface area contributed by atoms with Crippen LogP contribution in [0.4, 0.5) is 5.69 Å². The summed E-state index contributed by atoms with van der Waals surface area (Å²) in [7, 11) is 1.61. The van der Waals surface area contributed by atoms with Crippen molar-refractivity contribution < 1.29 is 23.9 Å². The van der Waals surface area contributed by atoms with Crippen LogP contribution in [0.15, 0.2) is 36.5 Å². The van der Waals surface area contributed by atoms with Crippen LogP contribution in [0.1, 0.15) is 52.0 Å². The first-order valence-electron chi connectivity index (χ1n) is 7.99. The van der Waals surface area contributed by atoms with Gasteiger partial charge in [-0.05, 0) is 39.0 Å². The van der Waals surface area contributed by atoms with Crippen LogP contribution >= 0.6 is 0 Å². The topological polar surface area (TPSA) is 94.5 Å². The minimum absolute atomic E-state index is 0.166. The summed E-state index contributed by atoms with van der Waals surface area (Å²) in [6.45, 7) is 4.22. The van der Waals surface area contributed by atoms with E-state index in [-0.39, 0.29) is 17.3 Å². The fraction of sp³-hybridized carbons (Fsp3) is 0.263. The largest absolute Gasteiger partial charge is 0.448 e. The van der Waals surface area contributed by atoms with Gasteiger partial charge in [0.15, 0.2) is 17.7 Å². The molecule has 1 atom stereocenters. The Morgan fingerprint density at radius 3 is 2.31 bits per heavy atom. The molecule has 0 saturated heterocycles. The van der Waals surface area contributed by atoms with E-state index in [2.05, 4.69) is 5.32 Å². The van der Waals surface area contributed by atoms with Gasteiger partial charge in [0, 0.05) is 24.4 Å². The third-order valence-corrected chi connectivity index (χ3v) is 3.84. The van der Waals surface area contributed by atoms with E-state index >= 15 is 0 Å². The number of carbonyl (C=O) groups excluding carboxylic acids is 4. The van der Waals surface area contributed by atoms with Gasteiger partial charge >= 0.3 is 5.97 Å². The van der Waals surface area contributed by atoms with Crippen molar-refractivity contribution in [3.63, 3.8) is 0 Å². The predicted molar refractivity (Wildman–Crippen MR) is 95.4 cm³/mol. The first kappa shape index (κ1) is 19.1. The number of nitrogens with zero attached hydrogens (tertiary/aromatic N) is 1. The Kier molecular flexibility index (Phi) is 5.71. The molecule has 2 rings (SSSR count). The van der Waals surface area contributed by atoms with E-state index in [4.69, 9.17) is 4.74 Å². The zero-order valence-electron chi connectivity index (χ0n) is 15.0. The number of benzene rings is 1. The second kappa shape index (κ2) is 7.77. The van der Waals surface area contributed by atoms with Crippen molar-refractivity contribution in [2.24, 2.45) is 7.05 Å². The SMILES string of the molecule is CC(=O)c1cc(C(=O)O[C@@H](C)C(=O)Nc2ccccc2C(C)=O)n(C)c1. The van der Waals surface area contributed by atoms with Gasteiger partial charge in [-0.3, -0.25) is 14.4 Å². The number of ketones is 2. The number of aromatic nitrogens is 1. The number of nitrogens with one attached hydrogen (secondary N) is 1. The Labute approximate surface area is 151 Å². The van der Waals surface area contributed by atoms with Crippen LogP contribution in [0, 0.1) is 0 Å².